The van der Waals surface area contributed by atoms with E-state index in [2.05, 4.69) is 63.2 Å². The lowest BCUT2D eigenvalue weighted by Gasteiger charge is -2.11. The predicted molar refractivity (Wildman–Crippen MR) is 71.2 cm³/mol. The summed E-state index contributed by atoms with van der Waals surface area (Å²) in [4.78, 5) is 2.70. The summed E-state index contributed by atoms with van der Waals surface area (Å²) < 4.78 is 0. The third-order valence-corrected chi connectivity index (χ3v) is 4.18. The number of rotatable bonds is 2. The van der Waals surface area contributed by atoms with Gasteiger partial charge in [0.1, 0.15) is 0 Å². The summed E-state index contributed by atoms with van der Waals surface area (Å²) in [7, 11) is 0. The van der Waals surface area contributed by atoms with Gasteiger partial charge in [0.05, 0.1) is 0 Å². The van der Waals surface area contributed by atoms with E-state index < -0.39 is 0 Å². The molecule has 2 aromatic carbocycles. The Kier molecular flexibility index (Phi) is 3.35. The van der Waals surface area contributed by atoms with Crippen molar-refractivity contribution in [3.05, 3.63) is 59.2 Å². The normalized spacial score (nSPS) is 10.4. The Bertz CT molecular complexity index is 486. The van der Waals surface area contributed by atoms with Gasteiger partial charge < -0.3 is 0 Å². The van der Waals surface area contributed by atoms with Gasteiger partial charge in [-0.25, -0.2) is 0 Å². The molecule has 0 aliphatic rings. The molecule has 0 aliphatic carbocycles. The standard InChI is InChI=1S/C15H16S/c1-11-9-10-12(2)15(13(11)3)16-14-7-5-4-6-8-14/h4-10H,1-3H3. The third-order valence-electron chi connectivity index (χ3n) is 2.84. The Morgan fingerprint density at radius 2 is 1.38 bits per heavy atom. The largest absolute Gasteiger partial charge is 0.0895 e. The van der Waals surface area contributed by atoms with Crippen molar-refractivity contribution in [1.82, 2.24) is 0 Å². The first-order valence-corrected chi connectivity index (χ1v) is 6.30. The van der Waals surface area contributed by atoms with E-state index in [0.717, 1.165) is 0 Å². The molecule has 0 bridgehead atoms. The lowest BCUT2D eigenvalue weighted by Crippen LogP contribution is -1.88. The number of hydrogen-bond donors (Lipinski definition) is 0. The minimum absolute atomic E-state index is 1.30. The summed E-state index contributed by atoms with van der Waals surface area (Å²) in [5, 5.41) is 0. The van der Waals surface area contributed by atoms with Crippen molar-refractivity contribution < 1.29 is 0 Å². The van der Waals surface area contributed by atoms with Crippen LogP contribution in [0.15, 0.2) is 52.3 Å². The van der Waals surface area contributed by atoms with Crippen LogP contribution in [-0.2, 0) is 0 Å². The van der Waals surface area contributed by atoms with Crippen molar-refractivity contribution in [3.8, 4) is 0 Å². The van der Waals surface area contributed by atoms with Gasteiger partial charge in [0.15, 0.2) is 0 Å². The summed E-state index contributed by atoms with van der Waals surface area (Å²) in [6, 6.07) is 14.9. The van der Waals surface area contributed by atoms with Crippen molar-refractivity contribution in [3.63, 3.8) is 0 Å². The van der Waals surface area contributed by atoms with Crippen LogP contribution in [0.2, 0.25) is 0 Å². The molecule has 0 radical (unpaired) electrons. The van der Waals surface area contributed by atoms with Gasteiger partial charge in [-0.2, -0.15) is 0 Å². The second kappa shape index (κ2) is 4.75. The summed E-state index contributed by atoms with van der Waals surface area (Å²) >= 11 is 1.85. The van der Waals surface area contributed by atoms with E-state index >= 15 is 0 Å². The van der Waals surface area contributed by atoms with Crippen molar-refractivity contribution >= 4 is 11.8 Å². The topological polar surface area (TPSA) is 0 Å². The minimum atomic E-state index is 1.30. The van der Waals surface area contributed by atoms with E-state index in [4.69, 9.17) is 0 Å². The zero-order chi connectivity index (χ0) is 11.5. The van der Waals surface area contributed by atoms with Crippen LogP contribution in [0, 0.1) is 20.8 Å². The maximum absolute atomic E-state index is 2.20. The van der Waals surface area contributed by atoms with Crippen LogP contribution in [0.4, 0.5) is 0 Å². The molecule has 0 N–H and O–H groups in total. The van der Waals surface area contributed by atoms with Crippen molar-refractivity contribution in [2.24, 2.45) is 0 Å². The molecular weight excluding hydrogens is 212 g/mol. The Hall–Kier alpha value is -1.21. The highest BCUT2D eigenvalue weighted by Gasteiger charge is 2.06. The van der Waals surface area contributed by atoms with E-state index in [-0.39, 0.29) is 0 Å². The van der Waals surface area contributed by atoms with Gasteiger partial charge in [0.25, 0.3) is 0 Å². The Balaban J connectivity index is 2.38. The maximum Gasteiger partial charge on any atom is 0.0183 e. The Morgan fingerprint density at radius 1 is 0.750 bits per heavy atom. The highest BCUT2D eigenvalue weighted by Crippen LogP contribution is 2.33. The fourth-order valence-electron chi connectivity index (χ4n) is 1.69. The van der Waals surface area contributed by atoms with E-state index in [1.807, 2.05) is 11.8 Å². The Labute approximate surface area is 102 Å². The molecule has 0 atom stereocenters. The summed E-state index contributed by atoms with van der Waals surface area (Å²) in [5.74, 6) is 0. The molecule has 2 aromatic rings. The molecule has 0 aromatic heterocycles. The molecular formula is C15H16S. The molecule has 1 heteroatoms. The SMILES string of the molecule is Cc1ccc(C)c(Sc2ccccc2)c1C. The first-order valence-electron chi connectivity index (χ1n) is 5.48. The van der Waals surface area contributed by atoms with E-state index in [1.54, 1.807) is 0 Å². The molecule has 82 valence electrons. The monoisotopic (exact) mass is 228 g/mol. The fourth-order valence-corrected chi connectivity index (χ4v) is 2.76. The van der Waals surface area contributed by atoms with Gasteiger partial charge in [-0.05, 0) is 49.6 Å². The van der Waals surface area contributed by atoms with Crippen molar-refractivity contribution in [2.75, 3.05) is 0 Å². The predicted octanol–water partition coefficient (Wildman–Crippen LogP) is 4.76. The summed E-state index contributed by atoms with van der Waals surface area (Å²) in [5.41, 5.74) is 4.12. The van der Waals surface area contributed by atoms with Crippen LogP contribution in [0.25, 0.3) is 0 Å². The van der Waals surface area contributed by atoms with Gasteiger partial charge in [-0.1, -0.05) is 42.1 Å². The molecule has 0 saturated heterocycles. The van der Waals surface area contributed by atoms with E-state index in [9.17, 15) is 0 Å². The smallest absolute Gasteiger partial charge is 0.0183 e. The van der Waals surface area contributed by atoms with Crippen LogP contribution in [-0.4, -0.2) is 0 Å². The molecule has 0 fully saturated rings. The zero-order valence-electron chi connectivity index (χ0n) is 9.95. The zero-order valence-corrected chi connectivity index (χ0v) is 10.8. The first kappa shape index (κ1) is 11.3. The summed E-state index contributed by atoms with van der Waals surface area (Å²) in [6.45, 7) is 6.55. The van der Waals surface area contributed by atoms with Crippen LogP contribution in [0.5, 0.6) is 0 Å². The van der Waals surface area contributed by atoms with Gasteiger partial charge in [0, 0.05) is 9.79 Å². The van der Waals surface area contributed by atoms with Gasteiger partial charge in [-0.15, -0.1) is 0 Å². The number of benzene rings is 2. The lowest BCUT2D eigenvalue weighted by molar-refractivity contribution is 1.17. The van der Waals surface area contributed by atoms with Gasteiger partial charge in [0.2, 0.25) is 0 Å². The molecule has 0 nitrogen and oxygen atoms in total. The highest BCUT2D eigenvalue weighted by atomic mass is 32.2. The van der Waals surface area contributed by atoms with Gasteiger partial charge in [-0.3, -0.25) is 0 Å². The first-order chi connectivity index (χ1) is 7.68. The molecule has 16 heavy (non-hydrogen) atoms. The lowest BCUT2D eigenvalue weighted by atomic mass is 10.1. The molecule has 2 rings (SSSR count). The molecule has 0 spiro atoms. The summed E-state index contributed by atoms with van der Waals surface area (Å²) in [6.07, 6.45) is 0. The number of hydrogen-bond acceptors (Lipinski definition) is 1. The molecule has 0 heterocycles. The second-order valence-corrected chi connectivity index (χ2v) is 5.15. The average molecular weight is 228 g/mol. The third kappa shape index (κ3) is 2.30. The maximum atomic E-state index is 2.20. The van der Waals surface area contributed by atoms with Crippen LogP contribution in [0.1, 0.15) is 16.7 Å². The molecule has 0 unspecified atom stereocenters. The minimum Gasteiger partial charge on any atom is -0.0895 e. The molecule has 0 saturated carbocycles. The van der Waals surface area contributed by atoms with E-state index in [1.165, 1.54) is 26.5 Å². The average Bonchev–Trinajstić information content (AvgIpc) is 2.31. The van der Waals surface area contributed by atoms with Crippen LogP contribution >= 0.6 is 11.8 Å². The van der Waals surface area contributed by atoms with Crippen LogP contribution < -0.4 is 0 Å². The Morgan fingerprint density at radius 3 is 2.06 bits per heavy atom. The molecule has 0 amide bonds. The fraction of sp³-hybridized carbons (Fsp3) is 0.200. The molecule has 0 aliphatic heterocycles. The quantitative estimate of drug-likeness (QED) is 0.714. The van der Waals surface area contributed by atoms with Crippen LogP contribution in [0.3, 0.4) is 0 Å². The van der Waals surface area contributed by atoms with Crippen molar-refractivity contribution in [2.45, 2.75) is 30.6 Å². The number of aryl methyl sites for hydroxylation is 2. The highest BCUT2D eigenvalue weighted by molar-refractivity contribution is 7.99. The second-order valence-electron chi connectivity index (χ2n) is 4.07. The van der Waals surface area contributed by atoms with Crippen molar-refractivity contribution in [1.29, 1.82) is 0 Å². The van der Waals surface area contributed by atoms with E-state index in [0.29, 0.717) is 0 Å². The van der Waals surface area contributed by atoms with Gasteiger partial charge >= 0.3 is 0 Å².